The standard InChI is InChI=1S/C10H10N4O4/c1-2-17-10-12-9(13-14-10)11-8(16)6-3-4-7(15)18-5-6/h3-5H,2H2,1H3,(H2,11,12,13,14,16). The maximum absolute atomic E-state index is 11.7. The van der Waals surface area contributed by atoms with Gasteiger partial charge in [-0.25, -0.2) is 9.89 Å². The Kier molecular flexibility index (Phi) is 3.37. The Labute approximate surface area is 101 Å². The number of nitrogens with one attached hydrogen (secondary N) is 2. The van der Waals surface area contributed by atoms with Crippen LogP contribution in [-0.2, 0) is 0 Å². The molecule has 0 unspecified atom stereocenters. The topological polar surface area (TPSA) is 110 Å². The van der Waals surface area contributed by atoms with E-state index in [0.29, 0.717) is 6.61 Å². The maximum Gasteiger partial charge on any atom is 0.337 e. The summed E-state index contributed by atoms with van der Waals surface area (Å²) in [6, 6.07) is 2.65. The minimum absolute atomic E-state index is 0.146. The van der Waals surface area contributed by atoms with Crippen molar-refractivity contribution >= 4 is 11.9 Å². The molecular formula is C10H10N4O4. The van der Waals surface area contributed by atoms with Crippen LogP contribution in [-0.4, -0.2) is 27.7 Å². The number of amides is 1. The zero-order valence-corrected chi connectivity index (χ0v) is 9.47. The molecule has 0 spiro atoms. The summed E-state index contributed by atoms with van der Waals surface area (Å²) in [5.41, 5.74) is -0.325. The third-order valence-electron chi connectivity index (χ3n) is 1.93. The van der Waals surface area contributed by atoms with E-state index in [0.717, 1.165) is 12.3 Å². The van der Waals surface area contributed by atoms with E-state index in [4.69, 9.17) is 4.74 Å². The van der Waals surface area contributed by atoms with E-state index in [1.54, 1.807) is 6.92 Å². The SMILES string of the molecule is CCOc1n[nH]c(NC(=O)c2ccc(=O)oc2)n1. The number of carbonyl (C=O) groups excluding carboxylic acids is 1. The maximum atomic E-state index is 11.7. The van der Waals surface area contributed by atoms with Gasteiger partial charge in [0, 0.05) is 6.07 Å². The van der Waals surface area contributed by atoms with E-state index in [-0.39, 0.29) is 17.5 Å². The first-order valence-electron chi connectivity index (χ1n) is 5.14. The van der Waals surface area contributed by atoms with Crippen LogP contribution in [0.4, 0.5) is 5.95 Å². The van der Waals surface area contributed by atoms with Gasteiger partial charge >= 0.3 is 11.6 Å². The first-order valence-corrected chi connectivity index (χ1v) is 5.14. The van der Waals surface area contributed by atoms with Crippen LogP contribution < -0.4 is 15.7 Å². The van der Waals surface area contributed by atoms with Crippen LogP contribution in [0.1, 0.15) is 17.3 Å². The molecule has 2 N–H and O–H groups in total. The molecule has 18 heavy (non-hydrogen) atoms. The van der Waals surface area contributed by atoms with Crippen molar-refractivity contribution in [2.24, 2.45) is 0 Å². The smallest absolute Gasteiger partial charge is 0.337 e. The molecule has 2 aromatic heterocycles. The van der Waals surface area contributed by atoms with Crippen LogP contribution in [0.5, 0.6) is 6.01 Å². The fourth-order valence-corrected chi connectivity index (χ4v) is 1.16. The molecule has 8 nitrogen and oxygen atoms in total. The third kappa shape index (κ3) is 2.73. The highest BCUT2D eigenvalue weighted by molar-refractivity contribution is 6.02. The van der Waals surface area contributed by atoms with Crippen LogP contribution in [0.2, 0.25) is 0 Å². The van der Waals surface area contributed by atoms with Gasteiger partial charge < -0.3 is 9.15 Å². The molecule has 1 amide bonds. The number of ether oxygens (including phenoxy) is 1. The Morgan fingerprint density at radius 3 is 3.06 bits per heavy atom. The van der Waals surface area contributed by atoms with Crippen LogP contribution in [0.3, 0.4) is 0 Å². The molecule has 2 rings (SSSR count). The lowest BCUT2D eigenvalue weighted by molar-refractivity contribution is 0.102. The molecule has 0 aliphatic heterocycles. The lowest BCUT2D eigenvalue weighted by Crippen LogP contribution is -2.14. The van der Waals surface area contributed by atoms with Gasteiger partial charge in [-0.05, 0) is 13.0 Å². The molecule has 0 fully saturated rings. The lowest BCUT2D eigenvalue weighted by Gasteiger charge is -1.99. The third-order valence-corrected chi connectivity index (χ3v) is 1.93. The summed E-state index contributed by atoms with van der Waals surface area (Å²) in [6.45, 7) is 2.22. The molecule has 0 radical (unpaired) electrons. The molecule has 8 heteroatoms. The van der Waals surface area contributed by atoms with E-state index in [1.165, 1.54) is 6.07 Å². The number of aromatic nitrogens is 3. The van der Waals surface area contributed by atoms with Crippen molar-refractivity contribution in [3.63, 3.8) is 0 Å². The van der Waals surface area contributed by atoms with E-state index < -0.39 is 11.5 Å². The second-order valence-electron chi connectivity index (χ2n) is 3.20. The van der Waals surface area contributed by atoms with Gasteiger partial charge in [-0.15, -0.1) is 5.10 Å². The van der Waals surface area contributed by atoms with Crippen molar-refractivity contribution in [2.45, 2.75) is 6.92 Å². The van der Waals surface area contributed by atoms with E-state index in [9.17, 15) is 9.59 Å². The second kappa shape index (κ2) is 5.13. The van der Waals surface area contributed by atoms with Gasteiger partial charge in [-0.2, -0.15) is 4.98 Å². The highest BCUT2D eigenvalue weighted by atomic mass is 16.5. The molecule has 94 valence electrons. The van der Waals surface area contributed by atoms with Crippen molar-refractivity contribution in [1.29, 1.82) is 0 Å². The predicted octanol–water partition coefficient (Wildman–Crippen LogP) is 0.409. The number of anilines is 1. The number of aromatic amines is 1. The predicted molar refractivity (Wildman–Crippen MR) is 60.5 cm³/mol. The number of rotatable bonds is 4. The zero-order chi connectivity index (χ0) is 13.0. The van der Waals surface area contributed by atoms with Crippen molar-refractivity contribution in [2.75, 3.05) is 11.9 Å². The summed E-state index contributed by atoms with van der Waals surface area (Å²) in [5, 5.41) is 8.66. The Morgan fingerprint density at radius 1 is 1.56 bits per heavy atom. The summed E-state index contributed by atoms with van der Waals surface area (Å²) in [4.78, 5) is 26.3. The largest absolute Gasteiger partial charge is 0.463 e. The number of hydrogen-bond acceptors (Lipinski definition) is 6. The Bertz CT molecular complexity index is 583. The number of carbonyl (C=O) groups is 1. The first-order chi connectivity index (χ1) is 8.69. The van der Waals surface area contributed by atoms with E-state index >= 15 is 0 Å². The van der Waals surface area contributed by atoms with Gasteiger partial charge in [0.25, 0.3) is 5.91 Å². The van der Waals surface area contributed by atoms with Gasteiger partial charge in [-0.3, -0.25) is 10.1 Å². The van der Waals surface area contributed by atoms with E-state index in [1.807, 2.05) is 0 Å². The van der Waals surface area contributed by atoms with Gasteiger partial charge in [0.15, 0.2) is 0 Å². The number of hydrogen-bond donors (Lipinski definition) is 2. The molecule has 0 aromatic carbocycles. The van der Waals surface area contributed by atoms with Crippen molar-refractivity contribution in [1.82, 2.24) is 15.2 Å². The van der Waals surface area contributed by atoms with Crippen molar-refractivity contribution < 1.29 is 13.9 Å². The molecule has 0 atom stereocenters. The fourth-order valence-electron chi connectivity index (χ4n) is 1.16. The summed E-state index contributed by atoms with van der Waals surface area (Å²) in [7, 11) is 0. The zero-order valence-electron chi connectivity index (χ0n) is 9.47. The average Bonchev–Trinajstić information content (AvgIpc) is 2.78. The van der Waals surface area contributed by atoms with Crippen molar-refractivity contribution in [3.8, 4) is 6.01 Å². The molecule has 2 heterocycles. The van der Waals surface area contributed by atoms with Crippen molar-refractivity contribution in [3.05, 3.63) is 34.4 Å². The monoisotopic (exact) mass is 250 g/mol. The summed E-state index contributed by atoms with van der Waals surface area (Å²) in [5.74, 6) is -0.326. The van der Waals surface area contributed by atoms with Crippen LogP contribution >= 0.6 is 0 Å². The molecule has 0 saturated carbocycles. The summed E-state index contributed by atoms with van der Waals surface area (Å²) < 4.78 is 9.60. The normalized spacial score (nSPS) is 10.1. The molecule has 0 aliphatic rings. The van der Waals surface area contributed by atoms with Crippen LogP contribution in [0.25, 0.3) is 0 Å². The number of H-pyrrole nitrogens is 1. The van der Waals surface area contributed by atoms with Gasteiger partial charge in [0.05, 0.1) is 12.2 Å². The van der Waals surface area contributed by atoms with Gasteiger partial charge in [0.1, 0.15) is 6.26 Å². The first kappa shape index (κ1) is 11.8. The summed E-state index contributed by atoms with van der Waals surface area (Å²) in [6.07, 6.45) is 1.07. The lowest BCUT2D eigenvalue weighted by atomic mass is 10.3. The van der Waals surface area contributed by atoms with Crippen LogP contribution in [0, 0.1) is 0 Å². The van der Waals surface area contributed by atoms with Gasteiger partial charge in [-0.1, -0.05) is 0 Å². The summed E-state index contributed by atoms with van der Waals surface area (Å²) >= 11 is 0. The molecule has 0 aliphatic carbocycles. The molecular weight excluding hydrogens is 240 g/mol. The minimum atomic E-state index is -0.523. The highest BCUT2D eigenvalue weighted by Gasteiger charge is 2.10. The quantitative estimate of drug-likeness (QED) is 0.813. The Hall–Kier alpha value is -2.64. The molecule has 0 bridgehead atoms. The van der Waals surface area contributed by atoms with Crippen LogP contribution in [0.15, 0.2) is 27.6 Å². The minimum Gasteiger partial charge on any atom is -0.463 e. The second-order valence-corrected chi connectivity index (χ2v) is 3.20. The van der Waals surface area contributed by atoms with E-state index in [2.05, 4.69) is 24.9 Å². The molecule has 2 aromatic rings. The molecule has 0 saturated heterocycles. The number of nitrogens with zero attached hydrogens (tertiary/aromatic N) is 2. The Morgan fingerprint density at radius 2 is 2.39 bits per heavy atom. The van der Waals surface area contributed by atoms with Gasteiger partial charge in [0.2, 0.25) is 5.95 Å². The fraction of sp³-hybridized carbons (Fsp3) is 0.200. The Balaban J connectivity index is 2.06. The highest BCUT2D eigenvalue weighted by Crippen LogP contribution is 2.07. The average molecular weight is 250 g/mol.